The molecular formula is C28H28ClN3O8. The summed E-state index contributed by atoms with van der Waals surface area (Å²) in [6.07, 6.45) is -1.26. The second-order valence-electron chi connectivity index (χ2n) is 9.15. The number of carbonyl (C=O) groups is 4. The number of aromatic nitrogens is 1. The highest BCUT2D eigenvalue weighted by molar-refractivity contribution is 6.30. The first kappa shape index (κ1) is 29.9. The van der Waals surface area contributed by atoms with E-state index >= 15 is 0 Å². The molecule has 0 spiro atoms. The summed E-state index contributed by atoms with van der Waals surface area (Å²) in [5.41, 5.74) is -0.844. The van der Waals surface area contributed by atoms with Crippen LogP contribution in [-0.4, -0.2) is 65.4 Å². The number of benzene rings is 2. The third kappa shape index (κ3) is 7.06. The van der Waals surface area contributed by atoms with Crippen molar-refractivity contribution in [2.45, 2.75) is 26.3 Å². The van der Waals surface area contributed by atoms with Gasteiger partial charge >= 0.3 is 12.1 Å². The number of hydrogen-bond donors (Lipinski definition) is 0. The molecule has 1 aromatic heterocycles. The van der Waals surface area contributed by atoms with E-state index in [1.165, 1.54) is 50.6 Å². The van der Waals surface area contributed by atoms with Crippen LogP contribution in [0.15, 0.2) is 66.7 Å². The Balaban J connectivity index is 1.90. The number of imide groups is 1. The minimum Gasteiger partial charge on any atom is -0.481 e. The van der Waals surface area contributed by atoms with Crippen LogP contribution in [0.25, 0.3) is 0 Å². The third-order valence-electron chi connectivity index (χ3n) is 5.33. The van der Waals surface area contributed by atoms with Crippen LogP contribution in [0.2, 0.25) is 5.02 Å². The van der Waals surface area contributed by atoms with Gasteiger partial charge in [0.2, 0.25) is 18.6 Å². The first-order chi connectivity index (χ1) is 19.0. The molecule has 11 nitrogen and oxygen atoms in total. The van der Waals surface area contributed by atoms with Crippen molar-refractivity contribution in [3.8, 4) is 11.8 Å². The van der Waals surface area contributed by atoms with E-state index < -0.39 is 36.2 Å². The van der Waals surface area contributed by atoms with Gasteiger partial charge in [-0.2, -0.15) is 4.98 Å². The fourth-order valence-corrected chi connectivity index (χ4v) is 3.62. The van der Waals surface area contributed by atoms with Gasteiger partial charge < -0.3 is 18.9 Å². The van der Waals surface area contributed by atoms with Gasteiger partial charge in [-0.1, -0.05) is 29.8 Å². The highest BCUT2D eigenvalue weighted by Crippen LogP contribution is 2.25. The molecule has 1 heterocycles. The van der Waals surface area contributed by atoms with E-state index in [4.69, 9.17) is 30.5 Å². The summed E-state index contributed by atoms with van der Waals surface area (Å²) < 4.78 is 20.3. The number of hydrogen-bond acceptors (Lipinski definition) is 9. The van der Waals surface area contributed by atoms with E-state index in [2.05, 4.69) is 4.98 Å². The van der Waals surface area contributed by atoms with Crippen LogP contribution >= 0.6 is 11.6 Å². The molecule has 12 heteroatoms. The van der Waals surface area contributed by atoms with Crippen molar-refractivity contribution < 1.29 is 38.1 Å². The Kier molecular flexibility index (Phi) is 9.68. The number of amides is 3. The lowest BCUT2D eigenvalue weighted by Gasteiger charge is -2.41. The molecule has 0 aliphatic heterocycles. The zero-order valence-corrected chi connectivity index (χ0v) is 23.3. The average Bonchev–Trinajstić information content (AvgIpc) is 2.94. The molecule has 3 amide bonds. The Morgan fingerprint density at radius 3 is 2.00 bits per heavy atom. The van der Waals surface area contributed by atoms with Gasteiger partial charge in [0.15, 0.2) is 0 Å². The summed E-state index contributed by atoms with van der Waals surface area (Å²) in [6, 6.07) is 16.7. The maximum atomic E-state index is 13.6. The van der Waals surface area contributed by atoms with Gasteiger partial charge in [-0.3, -0.25) is 9.59 Å². The highest BCUT2D eigenvalue weighted by atomic mass is 35.5. The standard InChI is InChI=1S/C28H28ClN3O8/c1-28(2,3)32(25(34)18-9-7-6-8-10-18)31(24(33)19-11-13-20(29)14-12-19)27(36)40-17-39-26(35)21-15-16-22(37-4)30-23(21)38-5/h6-16H,17H2,1-5H3. The molecule has 40 heavy (non-hydrogen) atoms. The number of carbonyl (C=O) groups excluding carboxylic acids is 4. The van der Waals surface area contributed by atoms with Crippen molar-refractivity contribution in [1.29, 1.82) is 0 Å². The second kappa shape index (κ2) is 12.9. The van der Waals surface area contributed by atoms with Gasteiger partial charge in [0, 0.05) is 22.2 Å². The summed E-state index contributed by atoms with van der Waals surface area (Å²) in [5, 5.41) is 1.93. The van der Waals surface area contributed by atoms with Crippen molar-refractivity contribution in [2.75, 3.05) is 21.0 Å². The Morgan fingerprint density at radius 2 is 1.43 bits per heavy atom. The van der Waals surface area contributed by atoms with Crippen molar-refractivity contribution >= 4 is 35.5 Å². The van der Waals surface area contributed by atoms with E-state index in [9.17, 15) is 19.2 Å². The van der Waals surface area contributed by atoms with Crippen molar-refractivity contribution in [1.82, 2.24) is 15.0 Å². The van der Waals surface area contributed by atoms with Crippen LogP contribution in [0.3, 0.4) is 0 Å². The van der Waals surface area contributed by atoms with Crippen LogP contribution in [0, 0.1) is 0 Å². The van der Waals surface area contributed by atoms with E-state index in [0.29, 0.717) is 10.0 Å². The maximum absolute atomic E-state index is 13.6. The molecule has 0 fully saturated rings. The van der Waals surface area contributed by atoms with Crippen molar-refractivity contribution in [3.63, 3.8) is 0 Å². The molecule has 0 saturated carbocycles. The van der Waals surface area contributed by atoms with Crippen LogP contribution < -0.4 is 9.47 Å². The molecular weight excluding hydrogens is 542 g/mol. The van der Waals surface area contributed by atoms with Crippen LogP contribution in [0.5, 0.6) is 11.8 Å². The minimum atomic E-state index is -1.26. The smallest absolute Gasteiger partial charge is 0.439 e. The molecule has 0 saturated heterocycles. The zero-order chi connectivity index (χ0) is 29.4. The second-order valence-corrected chi connectivity index (χ2v) is 9.58. The zero-order valence-electron chi connectivity index (χ0n) is 22.5. The lowest BCUT2D eigenvalue weighted by atomic mass is 10.1. The van der Waals surface area contributed by atoms with E-state index in [0.717, 1.165) is 5.01 Å². The fraction of sp³-hybridized carbons (Fsp3) is 0.250. The number of ether oxygens (including phenoxy) is 4. The molecule has 0 aliphatic carbocycles. The lowest BCUT2D eigenvalue weighted by molar-refractivity contribution is -0.0585. The number of rotatable bonds is 7. The number of esters is 1. The van der Waals surface area contributed by atoms with E-state index in [1.807, 2.05) is 0 Å². The number of hydrazine groups is 1. The predicted octanol–water partition coefficient (Wildman–Crippen LogP) is 5.00. The normalized spacial score (nSPS) is 10.8. The number of methoxy groups -OCH3 is 2. The molecule has 0 atom stereocenters. The Bertz CT molecular complexity index is 1370. The molecule has 0 radical (unpaired) electrons. The molecule has 0 N–H and O–H groups in total. The summed E-state index contributed by atoms with van der Waals surface area (Å²) >= 11 is 5.96. The lowest BCUT2D eigenvalue weighted by Crippen LogP contribution is -2.60. The van der Waals surface area contributed by atoms with E-state index in [1.54, 1.807) is 51.1 Å². The van der Waals surface area contributed by atoms with Gasteiger partial charge in [0.25, 0.3) is 11.8 Å². The van der Waals surface area contributed by atoms with Crippen LogP contribution in [-0.2, 0) is 9.47 Å². The largest absolute Gasteiger partial charge is 0.481 e. The van der Waals surface area contributed by atoms with Gasteiger partial charge in [0.1, 0.15) is 5.56 Å². The van der Waals surface area contributed by atoms with Gasteiger partial charge in [-0.25, -0.2) is 14.6 Å². The van der Waals surface area contributed by atoms with Gasteiger partial charge in [-0.05, 0) is 63.2 Å². The number of pyridine rings is 1. The molecule has 0 unspecified atom stereocenters. The molecule has 0 aliphatic rings. The Labute approximate surface area is 236 Å². The third-order valence-corrected chi connectivity index (χ3v) is 5.59. The first-order valence-corrected chi connectivity index (χ1v) is 12.3. The molecule has 3 aromatic rings. The summed E-state index contributed by atoms with van der Waals surface area (Å²) in [6.45, 7) is 4.06. The average molecular weight is 570 g/mol. The SMILES string of the molecule is COc1ccc(C(=O)OCOC(=O)N(C(=O)c2ccc(Cl)cc2)N(C(=O)c2ccccc2)C(C)(C)C)c(OC)n1. The predicted molar refractivity (Wildman–Crippen MR) is 144 cm³/mol. The molecule has 0 bridgehead atoms. The highest BCUT2D eigenvalue weighted by Gasteiger charge is 2.41. The monoisotopic (exact) mass is 569 g/mol. The Hall–Kier alpha value is -4.64. The van der Waals surface area contributed by atoms with Crippen molar-refractivity contribution in [3.05, 3.63) is 88.4 Å². The maximum Gasteiger partial charge on any atom is 0.439 e. The summed E-state index contributed by atoms with van der Waals surface area (Å²) in [5.74, 6) is -2.28. The topological polar surface area (TPSA) is 125 Å². The van der Waals surface area contributed by atoms with Gasteiger partial charge in [0.05, 0.1) is 19.8 Å². The fourth-order valence-electron chi connectivity index (χ4n) is 3.49. The minimum absolute atomic E-state index is 0.0518. The van der Waals surface area contributed by atoms with Crippen molar-refractivity contribution in [2.24, 2.45) is 0 Å². The molecule has 3 rings (SSSR count). The van der Waals surface area contributed by atoms with Crippen LogP contribution in [0.1, 0.15) is 51.8 Å². The Morgan fingerprint density at radius 1 is 0.800 bits per heavy atom. The van der Waals surface area contributed by atoms with Crippen LogP contribution in [0.4, 0.5) is 4.79 Å². The number of nitrogens with zero attached hydrogens (tertiary/aromatic N) is 3. The first-order valence-electron chi connectivity index (χ1n) is 11.9. The number of halogens is 1. The summed E-state index contributed by atoms with van der Waals surface area (Å²) in [7, 11) is 2.71. The molecule has 2 aromatic carbocycles. The van der Waals surface area contributed by atoms with Gasteiger partial charge in [-0.15, -0.1) is 5.01 Å². The quantitative estimate of drug-likeness (QED) is 0.219. The summed E-state index contributed by atoms with van der Waals surface area (Å²) in [4.78, 5) is 57.2. The van der Waals surface area contributed by atoms with E-state index in [-0.39, 0.29) is 28.5 Å². The molecule has 210 valence electrons.